The highest BCUT2D eigenvalue weighted by molar-refractivity contribution is 5.92. The second kappa shape index (κ2) is 8.15. The first-order valence-electron chi connectivity index (χ1n) is 3.81. The van der Waals surface area contributed by atoms with E-state index in [1.54, 1.807) is 0 Å². The van der Waals surface area contributed by atoms with Gasteiger partial charge >= 0.3 is 23.9 Å². The standard InChI is InChI=1S/2C4H4O5/c2*5-2(4(8)9)1-3(6)7/h2*1,5H,(H,6,7)(H,8,9)/b2*2-1+. The molecule has 100 valence electrons. The number of hydrogen-bond donors (Lipinski definition) is 6. The van der Waals surface area contributed by atoms with E-state index in [2.05, 4.69) is 0 Å². The van der Waals surface area contributed by atoms with Crippen molar-refractivity contribution in [1.82, 2.24) is 0 Å². The van der Waals surface area contributed by atoms with E-state index in [0.717, 1.165) is 0 Å². The number of carboxylic acids is 4. The third-order valence-electron chi connectivity index (χ3n) is 0.959. The van der Waals surface area contributed by atoms with Crippen LogP contribution in [0.25, 0.3) is 0 Å². The normalized spacial score (nSPS) is 10.9. The average Bonchev–Trinajstić information content (AvgIpc) is 2.16. The Bertz CT molecular complexity index is 376. The highest BCUT2D eigenvalue weighted by atomic mass is 16.4. The number of aliphatic carboxylic acids is 4. The summed E-state index contributed by atoms with van der Waals surface area (Å²) in [5, 5.41) is 47.7. The highest BCUT2D eigenvalue weighted by Crippen LogP contribution is 1.86. The fourth-order valence-electron chi connectivity index (χ4n) is 0.357. The molecule has 0 saturated heterocycles. The number of hydrogen-bond acceptors (Lipinski definition) is 6. The Kier molecular flexibility index (Phi) is 7.86. The van der Waals surface area contributed by atoms with Gasteiger partial charge in [0, 0.05) is 0 Å². The van der Waals surface area contributed by atoms with Gasteiger partial charge in [0.2, 0.25) is 11.5 Å². The largest absolute Gasteiger partial charge is 0.502 e. The van der Waals surface area contributed by atoms with Crippen molar-refractivity contribution in [2.24, 2.45) is 0 Å². The minimum atomic E-state index is -1.66. The molecule has 0 aromatic rings. The van der Waals surface area contributed by atoms with Crippen molar-refractivity contribution in [3.8, 4) is 0 Å². The SMILES string of the molecule is O=C(O)/C=C(/O)C(=O)O.O=C(O)/C=C(/O)C(=O)O. The van der Waals surface area contributed by atoms with E-state index in [0.29, 0.717) is 0 Å². The molecule has 0 aromatic heterocycles. The molecule has 0 aliphatic carbocycles. The molecule has 18 heavy (non-hydrogen) atoms. The second-order valence-corrected chi connectivity index (χ2v) is 2.35. The zero-order chi connectivity index (χ0) is 14.9. The van der Waals surface area contributed by atoms with Crippen LogP contribution in [0.5, 0.6) is 0 Å². The summed E-state index contributed by atoms with van der Waals surface area (Å²) in [4.78, 5) is 38.5. The first kappa shape index (κ1) is 17.4. The van der Waals surface area contributed by atoms with Crippen LogP contribution in [0.4, 0.5) is 0 Å². The Hall–Kier alpha value is -3.04. The number of carbonyl (C=O) groups is 4. The van der Waals surface area contributed by atoms with Crippen LogP contribution in [0.3, 0.4) is 0 Å². The van der Waals surface area contributed by atoms with Gasteiger partial charge in [-0.25, -0.2) is 19.2 Å². The Morgan fingerprint density at radius 2 is 0.778 bits per heavy atom. The number of aliphatic hydroxyl groups is 2. The molecule has 0 saturated carbocycles. The van der Waals surface area contributed by atoms with Crippen molar-refractivity contribution in [3.05, 3.63) is 23.7 Å². The van der Waals surface area contributed by atoms with E-state index in [4.69, 9.17) is 30.6 Å². The predicted molar refractivity (Wildman–Crippen MR) is 52.0 cm³/mol. The van der Waals surface area contributed by atoms with Crippen molar-refractivity contribution in [2.75, 3.05) is 0 Å². The van der Waals surface area contributed by atoms with E-state index in [1.165, 1.54) is 0 Å². The maximum Gasteiger partial charge on any atom is 0.371 e. The zero-order valence-corrected chi connectivity index (χ0v) is 8.47. The summed E-state index contributed by atoms with van der Waals surface area (Å²) in [5.74, 6) is -8.65. The van der Waals surface area contributed by atoms with Gasteiger partial charge < -0.3 is 30.6 Å². The van der Waals surface area contributed by atoms with Gasteiger partial charge in [-0.1, -0.05) is 0 Å². The van der Waals surface area contributed by atoms with Crippen LogP contribution in [0.15, 0.2) is 23.7 Å². The van der Waals surface area contributed by atoms with E-state index in [9.17, 15) is 19.2 Å². The van der Waals surface area contributed by atoms with Gasteiger partial charge in [-0.2, -0.15) is 0 Å². The molecule has 0 fully saturated rings. The molecule has 10 nitrogen and oxygen atoms in total. The lowest BCUT2D eigenvalue weighted by atomic mass is 10.4. The molecule has 0 aliphatic rings. The van der Waals surface area contributed by atoms with Crippen LogP contribution in [0.1, 0.15) is 0 Å². The minimum Gasteiger partial charge on any atom is -0.502 e. The van der Waals surface area contributed by atoms with E-state index >= 15 is 0 Å². The van der Waals surface area contributed by atoms with Gasteiger partial charge in [0.15, 0.2) is 0 Å². The molecular formula is C8H8O10. The van der Waals surface area contributed by atoms with Crippen LogP contribution in [0, 0.1) is 0 Å². The molecule has 0 spiro atoms. The van der Waals surface area contributed by atoms with Crippen LogP contribution >= 0.6 is 0 Å². The Morgan fingerprint density at radius 3 is 0.833 bits per heavy atom. The quantitative estimate of drug-likeness (QED) is 0.276. The fraction of sp³-hybridized carbons (Fsp3) is 0. The Balaban J connectivity index is 0. The van der Waals surface area contributed by atoms with Crippen molar-refractivity contribution >= 4 is 23.9 Å². The molecule has 6 N–H and O–H groups in total. The molecule has 0 atom stereocenters. The Labute approximate surface area is 98.3 Å². The summed E-state index contributed by atoms with van der Waals surface area (Å²) in [6.07, 6.45) is 0.394. The summed E-state index contributed by atoms with van der Waals surface area (Å²) in [5.41, 5.74) is 0. The maximum atomic E-state index is 9.65. The van der Waals surface area contributed by atoms with Gasteiger partial charge in [-0.15, -0.1) is 0 Å². The molecular weight excluding hydrogens is 256 g/mol. The molecule has 0 heterocycles. The molecule has 0 amide bonds. The van der Waals surface area contributed by atoms with Crippen molar-refractivity contribution < 1.29 is 49.8 Å². The smallest absolute Gasteiger partial charge is 0.371 e. The van der Waals surface area contributed by atoms with E-state index < -0.39 is 35.4 Å². The van der Waals surface area contributed by atoms with Crippen molar-refractivity contribution in [2.45, 2.75) is 0 Å². The van der Waals surface area contributed by atoms with Crippen LogP contribution in [-0.2, 0) is 19.2 Å². The van der Waals surface area contributed by atoms with Crippen molar-refractivity contribution in [3.63, 3.8) is 0 Å². The molecule has 10 heteroatoms. The first-order valence-corrected chi connectivity index (χ1v) is 3.81. The molecule has 0 aromatic carbocycles. The summed E-state index contributed by atoms with van der Waals surface area (Å²) in [7, 11) is 0. The zero-order valence-electron chi connectivity index (χ0n) is 8.47. The molecule has 0 aliphatic heterocycles. The van der Waals surface area contributed by atoms with Crippen LogP contribution < -0.4 is 0 Å². The lowest BCUT2D eigenvalue weighted by molar-refractivity contribution is -0.137. The maximum absolute atomic E-state index is 9.65. The van der Waals surface area contributed by atoms with E-state index in [-0.39, 0.29) is 12.2 Å². The molecule has 0 rings (SSSR count). The van der Waals surface area contributed by atoms with Gasteiger partial charge in [-0.3, -0.25) is 0 Å². The summed E-state index contributed by atoms with van der Waals surface area (Å²) in [6, 6.07) is 0. The first-order chi connectivity index (χ1) is 8.07. The number of carboxylic acid groups (broad SMARTS) is 4. The topological polar surface area (TPSA) is 190 Å². The summed E-state index contributed by atoms with van der Waals surface area (Å²) in [6.45, 7) is 0. The third kappa shape index (κ3) is 11.0. The molecule has 0 unspecified atom stereocenters. The summed E-state index contributed by atoms with van der Waals surface area (Å²) < 4.78 is 0. The van der Waals surface area contributed by atoms with Crippen LogP contribution in [0.2, 0.25) is 0 Å². The number of rotatable bonds is 4. The fourth-order valence-corrected chi connectivity index (χ4v) is 0.357. The Morgan fingerprint density at radius 1 is 0.556 bits per heavy atom. The van der Waals surface area contributed by atoms with Gasteiger partial charge in [0.1, 0.15) is 0 Å². The minimum absolute atomic E-state index is 0.197. The number of aliphatic hydroxyl groups excluding tert-OH is 2. The van der Waals surface area contributed by atoms with Gasteiger partial charge in [0.05, 0.1) is 12.2 Å². The lowest BCUT2D eigenvalue weighted by Gasteiger charge is -1.85. The second-order valence-electron chi connectivity index (χ2n) is 2.35. The molecule has 0 radical (unpaired) electrons. The van der Waals surface area contributed by atoms with E-state index in [1.807, 2.05) is 0 Å². The highest BCUT2D eigenvalue weighted by Gasteiger charge is 2.05. The average molecular weight is 264 g/mol. The van der Waals surface area contributed by atoms with Gasteiger partial charge in [-0.05, 0) is 0 Å². The molecule has 0 bridgehead atoms. The monoisotopic (exact) mass is 264 g/mol. The van der Waals surface area contributed by atoms with Crippen LogP contribution in [-0.4, -0.2) is 54.5 Å². The van der Waals surface area contributed by atoms with Crippen molar-refractivity contribution in [1.29, 1.82) is 0 Å². The third-order valence-corrected chi connectivity index (χ3v) is 0.959. The lowest BCUT2D eigenvalue weighted by Crippen LogP contribution is -2.02. The summed E-state index contributed by atoms with van der Waals surface area (Å²) >= 11 is 0. The van der Waals surface area contributed by atoms with Gasteiger partial charge in [0.25, 0.3) is 0 Å². The predicted octanol–water partition coefficient (Wildman–Crippen LogP) is -0.805.